The number of hydrogen-bond acceptors (Lipinski definition) is 2. The normalized spacial score (nSPS) is 19.8. The zero-order valence-corrected chi connectivity index (χ0v) is 10.7. The van der Waals surface area contributed by atoms with Gasteiger partial charge in [0.1, 0.15) is 0 Å². The fraction of sp³-hybridized carbons (Fsp3) is 0.385. The van der Waals surface area contributed by atoms with Gasteiger partial charge >= 0.3 is 6.18 Å². The summed E-state index contributed by atoms with van der Waals surface area (Å²) in [5.41, 5.74) is 5.66. The van der Waals surface area contributed by atoms with Crippen LogP contribution < -0.4 is 10.6 Å². The number of halogens is 4. The highest BCUT2D eigenvalue weighted by Crippen LogP contribution is 2.36. The average Bonchev–Trinajstić information content (AvgIpc) is 2.43. The highest BCUT2D eigenvalue weighted by molar-refractivity contribution is 5.99. The highest BCUT2D eigenvalue weighted by atomic mass is 19.4. The van der Waals surface area contributed by atoms with E-state index in [1.54, 1.807) is 6.07 Å². The summed E-state index contributed by atoms with van der Waals surface area (Å²) >= 11 is 0. The Morgan fingerprint density at radius 2 is 1.90 bits per heavy atom. The second-order valence-corrected chi connectivity index (χ2v) is 4.70. The number of primary amides is 1. The molecule has 2 rings (SSSR count). The number of rotatable bonds is 2. The molecule has 4 nitrogen and oxygen atoms in total. The van der Waals surface area contributed by atoms with Crippen LogP contribution in [-0.4, -0.2) is 30.7 Å². The average molecular weight is 304 g/mol. The largest absolute Gasteiger partial charge is 0.428 e. The van der Waals surface area contributed by atoms with Gasteiger partial charge < -0.3 is 10.6 Å². The summed E-state index contributed by atoms with van der Waals surface area (Å²) in [5, 5.41) is 0. The minimum absolute atomic E-state index is 0.0582. The molecule has 0 aromatic heterocycles. The van der Waals surface area contributed by atoms with Gasteiger partial charge in [0.05, 0.1) is 5.92 Å². The lowest BCUT2D eigenvalue weighted by molar-refractivity contribution is -0.185. The third kappa shape index (κ3) is 2.84. The van der Waals surface area contributed by atoms with E-state index in [0.717, 1.165) is 0 Å². The molecule has 0 saturated carbocycles. The number of carbonyl (C=O) groups excluding carboxylic acids is 2. The Labute approximate surface area is 117 Å². The molecule has 2 N–H and O–H groups in total. The summed E-state index contributed by atoms with van der Waals surface area (Å²) < 4.78 is 50.2. The summed E-state index contributed by atoms with van der Waals surface area (Å²) in [6, 6.07) is 5.92. The minimum Gasteiger partial charge on any atom is -0.369 e. The molecule has 1 heterocycles. The lowest BCUT2D eigenvalue weighted by Gasteiger charge is -2.34. The van der Waals surface area contributed by atoms with Crippen molar-refractivity contribution in [3.8, 4) is 0 Å². The molecule has 2 atom stereocenters. The number of carbonyl (C=O) groups is 2. The SMILES string of the molecule is NC(=O)C1CCN(C(=O)C(F)C(F)(F)F)c2ccccc21. The van der Waals surface area contributed by atoms with E-state index in [1.165, 1.54) is 18.2 Å². The molecule has 0 aliphatic carbocycles. The van der Waals surface area contributed by atoms with Crippen molar-refractivity contribution in [3.63, 3.8) is 0 Å². The Bertz CT molecular complexity index is 574. The van der Waals surface area contributed by atoms with Crippen molar-refractivity contribution in [2.24, 2.45) is 5.73 Å². The number of para-hydroxylation sites is 1. The van der Waals surface area contributed by atoms with Crippen LogP contribution in [-0.2, 0) is 9.59 Å². The number of alkyl halides is 4. The van der Waals surface area contributed by atoms with E-state index in [-0.39, 0.29) is 18.7 Å². The van der Waals surface area contributed by atoms with Gasteiger partial charge in [-0.2, -0.15) is 13.2 Å². The highest BCUT2D eigenvalue weighted by Gasteiger charge is 2.48. The van der Waals surface area contributed by atoms with Gasteiger partial charge in [-0.05, 0) is 18.1 Å². The Balaban J connectivity index is 2.38. The van der Waals surface area contributed by atoms with Crippen molar-refractivity contribution >= 4 is 17.5 Å². The Morgan fingerprint density at radius 3 is 2.48 bits per heavy atom. The van der Waals surface area contributed by atoms with Crippen LogP contribution in [0.3, 0.4) is 0 Å². The molecule has 0 saturated heterocycles. The van der Waals surface area contributed by atoms with Gasteiger partial charge in [-0.3, -0.25) is 9.59 Å². The van der Waals surface area contributed by atoms with Gasteiger partial charge in [0.25, 0.3) is 12.1 Å². The fourth-order valence-corrected chi connectivity index (χ4v) is 2.36. The lowest BCUT2D eigenvalue weighted by Crippen LogP contribution is -2.47. The number of nitrogens with two attached hydrogens (primary N) is 1. The van der Waals surface area contributed by atoms with Gasteiger partial charge in [0.15, 0.2) is 0 Å². The summed E-state index contributed by atoms with van der Waals surface area (Å²) in [4.78, 5) is 23.8. The maximum absolute atomic E-state index is 13.2. The monoisotopic (exact) mass is 304 g/mol. The van der Waals surface area contributed by atoms with E-state index < -0.39 is 30.1 Å². The number of fused-ring (bicyclic) bond motifs is 1. The molecule has 1 aliphatic heterocycles. The molecule has 1 aliphatic rings. The maximum Gasteiger partial charge on any atom is 0.428 e. The molecule has 8 heteroatoms. The molecule has 1 aromatic carbocycles. The van der Waals surface area contributed by atoms with Crippen LogP contribution in [0.15, 0.2) is 24.3 Å². The fourth-order valence-electron chi connectivity index (χ4n) is 2.36. The van der Waals surface area contributed by atoms with Crippen LogP contribution in [0.2, 0.25) is 0 Å². The predicted molar refractivity (Wildman–Crippen MR) is 66.3 cm³/mol. The summed E-state index contributed by atoms with van der Waals surface area (Å²) in [7, 11) is 0. The van der Waals surface area contributed by atoms with Crippen LogP contribution in [0.25, 0.3) is 0 Å². The second kappa shape index (κ2) is 5.34. The van der Waals surface area contributed by atoms with Gasteiger partial charge in [-0.15, -0.1) is 0 Å². The number of nitrogens with zero attached hydrogens (tertiary/aromatic N) is 1. The minimum atomic E-state index is -5.26. The number of benzene rings is 1. The molecule has 114 valence electrons. The first-order valence-corrected chi connectivity index (χ1v) is 6.14. The standard InChI is InChI=1S/C13H12F4N2O2/c14-10(13(15,16)17)12(21)19-6-5-8(11(18)20)7-3-1-2-4-9(7)19/h1-4,8,10H,5-6H2,(H2,18,20). The van der Waals surface area contributed by atoms with E-state index in [0.29, 0.717) is 10.5 Å². The molecule has 0 fully saturated rings. The van der Waals surface area contributed by atoms with Crippen LogP contribution in [0, 0.1) is 0 Å². The van der Waals surface area contributed by atoms with Crippen molar-refractivity contribution in [2.45, 2.75) is 24.7 Å². The van der Waals surface area contributed by atoms with Gasteiger partial charge in [-0.25, -0.2) is 4.39 Å². The zero-order chi connectivity index (χ0) is 15.8. The zero-order valence-electron chi connectivity index (χ0n) is 10.7. The van der Waals surface area contributed by atoms with Crippen molar-refractivity contribution in [1.29, 1.82) is 0 Å². The molecule has 0 spiro atoms. The molecular formula is C13H12F4N2O2. The van der Waals surface area contributed by atoms with E-state index in [1.807, 2.05) is 0 Å². The molecule has 1 aromatic rings. The van der Waals surface area contributed by atoms with Crippen LogP contribution in [0.5, 0.6) is 0 Å². The van der Waals surface area contributed by atoms with E-state index in [2.05, 4.69) is 0 Å². The molecular weight excluding hydrogens is 292 g/mol. The molecule has 2 amide bonds. The van der Waals surface area contributed by atoms with Crippen molar-refractivity contribution in [2.75, 3.05) is 11.4 Å². The summed E-state index contributed by atoms with van der Waals surface area (Å²) in [6.45, 7) is -0.194. The van der Waals surface area contributed by atoms with Gasteiger partial charge in [0, 0.05) is 12.2 Å². The molecule has 0 bridgehead atoms. The number of amides is 2. The topological polar surface area (TPSA) is 63.4 Å². The van der Waals surface area contributed by atoms with E-state index >= 15 is 0 Å². The van der Waals surface area contributed by atoms with E-state index in [4.69, 9.17) is 5.73 Å². The lowest BCUT2D eigenvalue weighted by atomic mass is 9.89. The number of hydrogen-bond donors (Lipinski definition) is 1. The summed E-state index contributed by atoms with van der Waals surface area (Å²) in [5.74, 6) is -3.02. The van der Waals surface area contributed by atoms with Crippen molar-refractivity contribution in [3.05, 3.63) is 29.8 Å². The second-order valence-electron chi connectivity index (χ2n) is 4.70. The van der Waals surface area contributed by atoms with Crippen LogP contribution in [0.4, 0.5) is 23.2 Å². The van der Waals surface area contributed by atoms with Crippen LogP contribution >= 0.6 is 0 Å². The molecule has 0 radical (unpaired) electrons. The quantitative estimate of drug-likeness (QED) is 0.848. The predicted octanol–water partition coefficient (Wildman–Crippen LogP) is 1.89. The third-order valence-corrected chi connectivity index (χ3v) is 3.36. The third-order valence-electron chi connectivity index (χ3n) is 3.36. The molecule has 2 unspecified atom stereocenters. The van der Waals surface area contributed by atoms with Crippen molar-refractivity contribution in [1.82, 2.24) is 0 Å². The summed E-state index contributed by atoms with van der Waals surface area (Å²) in [6.07, 6.45) is -8.79. The van der Waals surface area contributed by atoms with Crippen molar-refractivity contribution < 1.29 is 27.2 Å². The van der Waals surface area contributed by atoms with Gasteiger partial charge in [0.2, 0.25) is 5.91 Å². The smallest absolute Gasteiger partial charge is 0.369 e. The van der Waals surface area contributed by atoms with Crippen LogP contribution in [0.1, 0.15) is 17.9 Å². The molecule has 21 heavy (non-hydrogen) atoms. The Morgan fingerprint density at radius 1 is 1.29 bits per heavy atom. The number of anilines is 1. The maximum atomic E-state index is 13.2. The first kappa shape index (κ1) is 15.3. The van der Waals surface area contributed by atoms with Gasteiger partial charge in [-0.1, -0.05) is 18.2 Å². The Kier molecular flexibility index (Phi) is 3.89. The first-order valence-electron chi connectivity index (χ1n) is 6.14. The Hall–Kier alpha value is -2.12. The first-order chi connectivity index (χ1) is 9.73. The van der Waals surface area contributed by atoms with E-state index in [9.17, 15) is 27.2 Å².